The second kappa shape index (κ2) is 10.4. The van der Waals surface area contributed by atoms with Crippen molar-refractivity contribution in [1.29, 1.82) is 0 Å². The Kier molecular flexibility index (Phi) is 6.85. The number of aromatic hydroxyl groups is 1. The Morgan fingerprint density at radius 3 is 2.25 bits per heavy atom. The van der Waals surface area contributed by atoms with Crippen molar-refractivity contribution in [2.45, 2.75) is 76.0 Å². The third kappa shape index (κ3) is 4.63. The number of aromatic amines is 1. The Morgan fingerprint density at radius 2 is 1.60 bits per heavy atom. The van der Waals surface area contributed by atoms with E-state index < -0.39 is 0 Å². The maximum atomic E-state index is 10.3. The first-order valence-corrected chi connectivity index (χ1v) is 15.6. The molecule has 1 aromatic heterocycles. The first-order chi connectivity index (χ1) is 19.4. The summed E-state index contributed by atoms with van der Waals surface area (Å²) in [6.07, 6.45) is 10.9. The summed E-state index contributed by atoms with van der Waals surface area (Å²) in [6, 6.07) is 9.71. The molecule has 0 radical (unpaired) electrons. The summed E-state index contributed by atoms with van der Waals surface area (Å²) < 4.78 is 0. The molecule has 8 heteroatoms. The molecule has 0 bridgehead atoms. The van der Waals surface area contributed by atoms with E-state index in [0.29, 0.717) is 28.5 Å². The zero-order valence-corrected chi connectivity index (χ0v) is 24.0. The van der Waals surface area contributed by atoms with Crippen LogP contribution in [0.4, 0.5) is 5.82 Å². The lowest BCUT2D eigenvalue weighted by molar-refractivity contribution is -0.0521. The molecule has 1 aromatic carbocycles. The highest BCUT2D eigenvalue weighted by Gasteiger charge is 2.50. The summed E-state index contributed by atoms with van der Waals surface area (Å²) in [6.45, 7) is 10.9. The van der Waals surface area contributed by atoms with Crippen molar-refractivity contribution in [2.24, 2.45) is 11.1 Å². The highest BCUT2D eigenvalue weighted by molar-refractivity contribution is 5.86. The van der Waals surface area contributed by atoms with E-state index in [1.807, 2.05) is 24.3 Å². The second-order valence-electron chi connectivity index (χ2n) is 13.3. The zero-order valence-electron chi connectivity index (χ0n) is 24.0. The Labute approximate surface area is 238 Å². The van der Waals surface area contributed by atoms with Crippen LogP contribution in [0.15, 0.2) is 24.3 Å². The molecule has 2 aromatic rings. The molecule has 0 unspecified atom stereocenters. The number of rotatable bonds is 5. The Balaban J connectivity index is 0.965. The van der Waals surface area contributed by atoms with Gasteiger partial charge in [0.2, 0.25) is 0 Å². The number of anilines is 1. The van der Waals surface area contributed by atoms with Crippen molar-refractivity contribution in [2.75, 3.05) is 51.5 Å². The minimum atomic E-state index is 0.189. The van der Waals surface area contributed by atoms with E-state index >= 15 is 0 Å². The van der Waals surface area contributed by atoms with Crippen molar-refractivity contribution in [1.82, 2.24) is 25.0 Å². The van der Waals surface area contributed by atoms with Crippen LogP contribution in [-0.4, -0.2) is 88.7 Å². The molecule has 5 heterocycles. The van der Waals surface area contributed by atoms with Gasteiger partial charge in [-0.15, -0.1) is 0 Å². The lowest BCUT2D eigenvalue weighted by atomic mass is 9.61. The summed E-state index contributed by atoms with van der Waals surface area (Å²) in [7, 11) is 0. The number of nitrogen functional groups attached to an aromatic ring is 1. The average Bonchev–Trinajstić information content (AvgIpc) is 3.23. The number of hydrogen-bond donors (Lipinski definition) is 5. The monoisotopic (exact) mass is 545 g/mol. The number of para-hydroxylation sites is 1. The highest BCUT2D eigenvalue weighted by atomic mass is 16.3. The number of H-pyrrole nitrogens is 1. The van der Waals surface area contributed by atoms with Crippen molar-refractivity contribution >= 4 is 17.6 Å². The molecule has 8 nitrogen and oxygen atoms in total. The Hall–Kier alpha value is -2.52. The molecular formula is C32H47N7O. The van der Waals surface area contributed by atoms with Gasteiger partial charge in [0, 0.05) is 72.7 Å². The van der Waals surface area contributed by atoms with Gasteiger partial charge in [0.15, 0.2) is 0 Å². The van der Waals surface area contributed by atoms with E-state index in [0.717, 1.165) is 30.6 Å². The van der Waals surface area contributed by atoms with E-state index in [9.17, 15) is 5.11 Å². The van der Waals surface area contributed by atoms with Gasteiger partial charge in [0.25, 0.3) is 0 Å². The number of fused-ring (bicyclic) bond motifs is 1. The molecule has 4 fully saturated rings. The van der Waals surface area contributed by atoms with Crippen LogP contribution in [0, 0.1) is 5.41 Å². The molecule has 0 amide bonds. The van der Waals surface area contributed by atoms with E-state index in [-0.39, 0.29) is 11.8 Å². The summed E-state index contributed by atoms with van der Waals surface area (Å²) in [4.78, 5) is 11.8. The molecule has 40 heavy (non-hydrogen) atoms. The quantitative estimate of drug-likeness (QED) is 0.392. The predicted octanol–water partition coefficient (Wildman–Crippen LogP) is 3.36. The van der Waals surface area contributed by atoms with Crippen LogP contribution in [0.5, 0.6) is 5.75 Å². The number of nitrogens with one attached hydrogen (secondary N) is 2. The van der Waals surface area contributed by atoms with Gasteiger partial charge in [0.05, 0.1) is 0 Å². The number of aromatic nitrogens is 1. The molecule has 1 spiro atoms. The molecule has 216 valence electrons. The lowest BCUT2D eigenvalue weighted by Crippen LogP contribution is -2.66. The fourth-order valence-electron chi connectivity index (χ4n) is 8.65. The number of benzene rings is 1. The number of phenolic OH excluding ortho intramolecular Hbond substituents is 1. The van der Waals surface area contributed by atoms with Gasteiger partial charge in [-0.05, 0) is 101 Å². The fraction of sp³-hybridized carbons (Fsp3) is 0.625. The van der Waals surface area contributed by atoms with Crippen LogP contribution in [-0.2, 0) is 6.42 Å². The third-order valence-electron chi connectivity index (χ3n) is 11.1. The number of hydrogen-bond acceptors (Lipinski definition) is 7. The maximum Gasteiger partial charge on any atom is 0.124 e. The van der Waals surface area contributed by atoms with Crippen LogP contribution in [0.1, 0.15) is 73.9 Å². The largest absolute Gasteiger partial charge is 0.507 e. The van der Waals surface area contributed by atoms with E-state index in [4.69, 9.17) is 11.5 Å². The molecule has 3 saturated heterocycles. The highest BCUT2D eigenvalue weighted by Crippen LogP contribution is 2.47. The van der Waals surface area contributed by atoms with Gasteiger partial charge in [-0.25, -0.2) is 0 Å². The molecule has 1 aliphatic carbocycles. The minimum absolute atomic E-state index is 0.189. The molecule has 1 saturated carbocycles. The van der Waals surface area contributed by atoms with Crippen LogP contribution >= 0.6 is 0 Å². The van der Waals surface area contributed by atoms with E-state index in [1.165, 1.54) is 89.1 Å². The summed E-state index contributed by atoms with van der Waals surface area (Å²) >= 11 is 0. The van der Waals surface area contributed by atoms with Crippen molar-refractivity contribution < 1.29 is 5.11 Å². The maximum absolute atomic E-state index is 10.3. The molecule has 4 aliphatic heterocycles. The lowest BCUT2D eigenvalue weighted by Gasteiger charge is -2.58. The number of likely N-dealkylation sites (tertiary alicyclic amines) is 2. The van der Waals surface area contributed by atoms with Crippen LogP contribution < -0.4 is 16.8 Å². The van der Waals surface area contributed by atoms with E-state index in [2.05, 4.69) is 31.9 Å². The summed E-state index contributed by atoms with van der Waals surface area (Å²) in [5, 5.41) is 13.8. The van der Waals surface area contributed by atoms with Gasteiger partial charge in [-0.1, -0.05) is 12.1 Å². The first kappa shape index (κ1) is 26.4. The van der Waals surface area contributed by atoms with Crippen molar-refractivity contribution in [3.8, 4) is 5.75 Å². The van der Waals surface area contributed by atoms with Crippen molar-refractivity contribution in [3.63, 3.8) is 0 Å². The number of piperidine rings is 2. The fourth-order valence-corrected chi connectivity index (χ4v) is 8.65. The zero-order chi connectivity index (χ0) is 27.4. The Bertz CT molecular complexity index is 1240. The minimum Gasteiger partial charge on any atom is -0.507 e. The molecule has 7 rings (SSSR count). The Morgan fingerprint density at radius 1 is 0.950 bits per heavy atom. The van der Waals surface area contributed by atoms with Gasteiger partial charge in [0.1, 0.15) is 11.6 Å². The van der Waals surface area contributed by atoms with E-state index in [1.54, 1.807) is 6.07 Å². The summed E-state index contributed by atoms with van der Waals surface area (Å²) in [5.74, 6) is 0.855. The standard InChI is InChI=1S/C32H47N7O/c1-21-30-26(16-27(33)25-4-2-3-5-29(25)40)31(34)36-28(30)10-15-39(21)23-8-13-37(14-9-23)22-6-11-38(12-7-22)24-17-32(18-24)19-35-20-32/h2-5,16,21-24,35-36,40H,6-15,17-20,33-34H2,1H3/b27-16-/t21-/m1/s1. The van der Waals surface area contributed by atoms with Crippen LogP contribution in [0.2, 0.25) is 0 Å². The predicted molar refractivity (Wildman–Crippen MR) is 162 cm³/mol. The molecular weight excluding hydrogens is 498 g/mol. The number of nitrogens with zero attached hydrogens (tertiary/aromatic N) is 3. The summed E-state index contributed by atoms with van der Waals surface area (Å²) in [5.41, 5.74) is 18.3. The SMILES string of the molecule is C[C@@H]1c2c([nH]c(N)c2/C=C(\N)c2ccccc2O)CCN1C1CCN(C2CCN(C3CC4(CNC4)C3)CC2)CC1. The number of phenols is 1. The molecule has 1 atom stereocenters. The molecule has 7 N–H and O–H groups in total. The third-order valence-corrected chi connectivity index (χ3v) is 11.1. The first-order valence-electron chi connectivity index (χ1n) is 15.6. The van der Waals surface area contributed by atoms with Gasteiger partial charge in [-0.2, -0.15) is 0 Å². The van der Waals surface area contributed by atoms with Crippen molar-refractivity contribution in [3.05, 3.63) is 46.6 Å². The smallest absolute Gasteiger partial charge is 0.124 e. The van der Waals surface area contributed by atoms with Gasteiger partial charge >= 0.3 is 0 Å². The average molecular weight is 546 g/mol. The normalized spacial score (nSPS) is 27.4. The van der Waals surface area contributed by atoms with Crippen LogP contribution in [0.25, 0.3) is 11.8 Å². The molecule has 5 aliphatic rings. The van der Waals surface area contributed by atoms with Gasteiger partial charge < -0.3 is 36.7 Å². The second-order valence-corrected chi connectivity index (χ2v) is 13.3. The van der Waals surface area contributed by atoms with Crippen LogP contribution in [0.3, 0.4) is 0 Å². The van der Waals surface area contributed by atoms with Gasteiger partial charge in [-0.3, -0.25) is 4.90 Å². The number of nitrogens with two attached hydrogens (primary N) is 2. The topological polar surface area (TPSA) is 110 Å².